The maximum Gasteiger partial charge on any atom is 0.272 e. The molecule has 2 heterocycles. The fourth-order valence-electron chi connectivity index (χ4n) is 3.55. The van der Waals surface area contributed by atoms with Gasteiger partial charge in [0.25, 0.3) is 15.9 Å². The topological polar surface area (TPSA) is 106 Å². The number of rotatable bonds is 9. The first kappa shape index (κ1) is 23.6. The normalized spacial score (nSPS) is 11.7. The van der Waals surface area contributed by atoms with Gasteiger partial charge in [0.05, 0.1) is 24.1 Å². The molecular formula is C24H25N5O4S. The number of fused-ring (bicyclic) bond motifs is 1. The van der Waals surface area contributed by atoms with Crippen molar-refractivity contribution in [3.63, 3.8) is 0 Å². The molecule has 9 nitrogen and oxygen atoms in total. The molecule has 0 unspecified atom stereocenters. The Labute approximate surface area is 198 Å². The lowest BCUT2D eigenvalue weighted by Crippen LogP contribution is -2.26. The molecule has 0 aliphatic carbocycles. The molecule has 0 saturated heterocycles. The number of aromatic nitrogens is 3. The number of hydrogen-bond donors (Lipinski definition) is 1. The number of carbonyl (C=O) groups is 1. The fraction of sp³-hybridized carbons (Fsp3) is 0.208. The molecule has 1 N–H and O–H groups in total. The highest BCUT2D eigenvalue weighted by Crippen LogP contribution is 2.21. The van der Waals surface area contributed by atoms with Crippen LogP contribution in [0.1, 0.15) is 21.6 Å². The predicted molar refractivity (Wildman–Crippen MR) is 128 cm³/mol. The Hall–Kier alpha value is -3.60. The Bertz CT molecular complexity index is 1390. The van der Waals surface area contributed by atoms with Gasteiger partial charge in [0.15, 0.2) is 5.69 Å². The van der Waals surface area contributed by atoms with E-state index in [1.807, 2.05) is 36.4 Å². The number of nitrogens with one attached hydrogen (secondary N) is 1. The minimum absolute atomic E-state index is 0.125. The quantitative estimate of drug-likeness (QED) is 0.370. The molecule has 0 spiro atoms. The first-order valence-electron chi connectivity index (χ1n) is 10.6. The van der Waals surface area contributed by atoms with Crippen molar-refractivity contribution >= 4 is 26.8 Å². The predicted octanol–water partition coefficient (Wildman–Crippen LogP) is 2.63. The summed E-state index contributed by atoms with van der Waals surface area (Å²) in [6.45, 7) is 0.849. The Kier molecular flexibility index (Phi) is 7.01. The molecule has 10 heteroatoms. The largest absolute Gasteiger partial charge is 0.350 e. The zero-order chi connectivity index (χ0) is 24.1. The van der Waals surface area contributed by atoms with Gasteiger partial charge >= 0.3 is 0 Å². The highest BCUT2D eigenvalue weighted by atomic mass is 32.2. The molecule has 2 aromatic heterocycles. The molecule has 0 aliphatic rings. The smallest absolute Gasteiger partial charge is 0.272 e. The summed E-state index contributed by atoms with van der Waals surface area (Å²) in [5.41, 5.74) is 3.05. The minimum atomic E-state index is -3.72. The Balaban J connectivity index is 1.52. The van der Waals surface area contributed by atoms with Gasteiger partial charge in [-0.1, -0.05) is 40.9 Å². The van der Waals surface area contributed by atoms with Crippen LogP contribution in [0.4, 0.5) is 0 Å². The van der Waals surface area contributed by atoms with Crippen LogP contribution in [0.3, 0.4) is 0 Å². The van der Waals surface area contributed by atoms with Gasteiger partial charge in [0.2, 0.25) is 0 Å². The number of carbonyl (C=O) groups excluding carboxylic acids is 1. The number of hydroxylamine groups is 1. The van der Waals surface area contributed by atoms with E-state index in [0.29, 0.717) is 25.2 Å². The summed E-state index contributed by atoms with van der Waals surface area (Å²) in [5.74, 6) is -0.247. The molecule has 0 radical (unpaired) electrons. The zero-order valence-corrected chi connectivity index (χ0v) is 19.7. The molecule has 1 amide bonds. The first-order valence-corrected chi connectivity index (χ1v) is 12.1. The molecule has 34 heavy (non-hydrogen) atoms. The highest BCUT2D eigenvalue weighted by molar-refractivity contribution is 7.89. The number of para-hydroxylation sites is 1. The number of pyridine rings is 1. The standard InChI is InChI=1S/C24H25N5O4S/c1-28(33-2)34(31,32)20-11-9-19(10-12-20)17-29-22-8-4-3-7-21(22)23(27-29)24(30)26-15-13-18-6-5-14-25-16-18/h3-12,14,16H,13,15,17H2,1-2H3,(H,26,30). The Morgan fingerprint density at radius 2 is 1.82 bits per heavy atom. The monoisotopic (exact) mass is 479 g/mol. The van der Waals surface area contributed by atoms with Crippen LogP contribution in [-0.4, -0.2) is 54.3 Å². The Morgan fingerprint density at radius 1 is 1.06 bits per heavy atom. The number of hydrogen-bond acceptors (Lipinski definition) is 6. The van der Waals surface area contributed by atoms with Crippen molar-refractivity contribution in [2.24, 2.45) is 0 Å². The number of nitrogens with zero attached hydrogens (tertiary/aromatic N) is 4. The van der Waals surface area contributed by atoms with Gasteiger partial charge in [-0.15, -0.1) is 0 Å². The van der Waals surface area contributed by atoms with Crippen LogP contribution in [0.25, 0.3) is 10.9 Å². The third-order valence-electron chi connectivity index (χ3n) is 5.44. The zero-order valence-electron chi connectivity index (χ0n) is 18.9. The summed E-state index contributed by atoms with van der Waals surface area (Å²) in [4.78, 5) is 21.9. The van der Waals surface area contributed by atoms with Crippen molar-refractivity contribution in [1.29, 1.82) is 0 Å². The van der Waals surface area contributed by atoms with Gasteiger partial charge < -0.3 is 5.32 Å². The van der Waals surface area contributed by atoms with E-state index in [4.69, 9.17) is 4.84 Å². The molecule has 176 valence electrons. The molecule has 4 rings (SSSR count). The van der Waals surface area contributed by atoms with Gasteiger partial charge in [-0.2, -0.15) is 5.10 Å². The minimum Gasteiger partial charge on any atom is -0.350 e. The van der Waals surface area contributed by atoms with E-state index in [1.165, 1.54) is 26.3 Å². The van der Waals surface area contributed by atoms with Crippen LogP contribution in [0.15, 0.2) is 78.0 Å². The second kappa shape index (κ2) is 10.1. The van der Waals surface area contributed by atoms with E-state index < -0.39 is 10.0 Å². The molecule has 2 aromatic carbocycles. The van der Waals surface area contributed by atoms with E-state index in [1.54, 1.807) is 29.2 Å². The summed E-state index contributed by atoms with van der Waals surface area (Å²) in [5, 5.41) is 8.25. The van der Waals surface area contributed by atoms with Crippen LogP contribution in [0.5, 0.6) is 0 Å². The molecule has 0 fully saturated rings. The average Bonchev–Trinajstić information content (AvgIpc) is 3.23. The lowest BCUT2D eigenvalue weighted by atomic mass is 10.2. The lowest BCUT2D eigenvalue weighted by molar-refractivity contribution is -0.0258. The SMILES string of the molecule is CON(C)S(=O)(=O)c1ccc(Cn2nc(C(=O)NCCc3cccnc3)c3ccccc32)cc1. The molecule has 0 bridgehead atoms. The van der Waals surface area contributed by atoms with Crippen LogP contribution in [0.2, 0.25) is 0 Å². The third kappa shape index (κ3) is 4.98. The van der Waals surface area contributed by atoms with E-state index in [9.17, 15) is 13.2 Å². The van der Waals surface area contributed by atoms with Gasteiger partial charge in [0.1, 0.15) is 0 Å². The number of sulfonamides is 1. The van der Waals surface area contributed by atoms with Gasteiger partial charge in [-0.25, -0.2) is 8.42 Å². The van der Waals surface area contributed by atoms with Gasteiger partial charge in [0, 0.05) is 31.4 Å². The van der Waals surface area contributed by atoms with Gasteiger partial charge in [-0.3, -0.25) is 19.3 Å². The van der Waals surface area contributed by atoms with Crippen molar-refractivity contribution in [3.05, 3.63) is 89.9 Å². The Morgan fingerprint density at radius 3 is 2.53 bits per heavy atom. The molecule has 0 aliphatic heterocycles. The van der Waals surface area contributed by atoms with E-state index in [2.05, 4.69) is 15.4 Å². The third-order valence-corrected chi connectivity index (χ3v) is 7.14. The highest BCUT2D eigenvalue weighted by Gasteiger charge is 2.21. The van der Waals surface area contributed by atoms with Crippen LogP contribution < -0.4 is 5.32 Å². The van der Waals surface area contributed by atoms with Crippen LogP contribution >= 0.6 is 0 Å². The summed E-state index contributed by atoms with van der Waals surface area (Å²) in [6, 6.07) is 17.9. The molecular weight excluding hydrogens is 454 g/mol. The van der Waals surface area contributed by atoms with Crippen molar-refractivity contribution in [2.45, 2.75) is 17.9 Å². The average molecular weight is 480 g/mol. The molecule has 4 aromatic rings. The summed E-state index contributed by atoms with van der Waals surface area (Å²) in [6.07, 6.45) is 4.16. The van der Waals surface area contributed by atoms with E-state index in [0.717, 1.165) is 26.5 Å². The number of amides is 1. The maximum absolute atomic E-state index is 12.9. The van der Waals surface area contributed by atoms with E-state index >= 15 is 0 Å². The second-order valence-electron chi connectivity index (χ2n) is 7.63. The van der Waals surface area contributed by atoms with Crippen LogP contribution in [-0.2, 0) is 27.8 Å². The van der Waals surface area contributed by atoms with Crippen molar-refractivity contribution in [2.75, 3.05) is 20.7 Å². The summed E-state index contributed by atoms with van der Waals surface area (Å²) >= 11 is 0. The molecule has 0 saturated carbocycles. The fourth-order valence-corrected chi connectivity index (χ4v) is 4.53. The van der Waals surface area contributed by atoms with E-state index in [-0.39, 0.29) is 10.8 Å². The maximum atomic E-state index is 12.9. The summed E-state index contributed by atoms with van der Waals surface area (Å²) in [7, 11) is -1.09. The lowest BCUT2D eigenvalue weighted by Gasteiger charge is -2.14. The first-order chi connectivity index (χ1) is 16.4. The second-order valence-corrected chi connectivity index (χ2v) is 9.57. The molecule has 0 atom stereocenters. The van der Waals surface area contributed by atoms with Gasteiger partial charge in [-0.05, 0) is 41.8 Å². The van der Waals surface area contributed by atoms with Crippen molar-refractivity contribution in [1.82, 2.24) is 24.5 Å². The number of benzene rings is 2. The summed E-state index contributed by atoms with van der Waals surface area (Å²) < 4.78 is 27.4. The van der Waals surface area contributed by atoms with Crippen LogP contribution in [0, 0.1) is 0 Å². The van der Waals surface area contributed by atoms with Crippen molar-refractivity contribution < 1.29 is 18.0 Å². The van der Waals surface area contributed by atoms with Crippen molar-refractivity contribution in [3.8, 4) is 0 Å².